The van der Waals surface area contributed by atoms with Gasteiger partial charge < -0.3 is 5.73 Å². The normalized spacial score (nSPS) is 12.4. The first-order chi connectivity index (χ1) is 9.45. The van der Waals surface area contributed by atoms with Gasteiger partial charge in [-0.1, -0.05) is 33.8 Å². The molecule has 0 saturated carbocycles. The van der Waals surface area contributed by atoms with E-state index in [2.05, 4.69) is 15.9 Å². The van der Waals surface area contributed by atoms with Gasteiger partial charge in [0.1, 0.15) is 11.6 Å². The standard InChI is InChI=1S/C15H14BrF2NS/c1-9(19)5-10-6-13(17)15(14(18)7-10)20-12-4-2-3-11(16)8-12/h2-4,6-9H,5,19H2,1H3. The molecular weight excluding hydrogens is 344 g/mol. The summed E-state index contributed by atoms with van der Waals surface area (Å²) in [5, 5.41) is 0. The van der Waals surface area contributed by atoms with Crippen molar-refractivity contribution in [1.82, 2.24) is 0 Å². The third-order valence-corrected chi connectivity index (χ3v) is 4.21. The first-order valence-corrected chi connectivity index (χ1v) is 7.73. The summed E-state index contributed by atoms with van der Waals surface area (Å²) >= 11 is 4.41. The summed E-state index contributed by atoms with van der Waals surface area (Å²) in [5.74, 6) is -1.10. The Bertz CT molecular complexity index is 594. The number of benzene rings is 2. The van der Waals surface area contributed by atoms with E-state index < -0.39 is 11.6 Å². The maximum Gasteiger partial charge on any atom is 0.140 e. The minimum absolute atomic E-state index is 0.0107. The van der Waals surface area contributed by atoms with Gasteiger partial charge in [-0.05, 0) is 49.2 Å². The molecule has 2 aromatic rings. The lowest BCUT2D eigenvalue weighted by Gasteiger charge is -2.10. The Labute approximate surface area is 129 Å². The van der Waals surface area contributed by atoms with E-state index in [0.717, 1.165) is 21.1 Å². The molecule has 0 radical (unpaired) electrons. The Morgan fingerprint density at radius 2 is 1.85 bits per heavy atom. The van der Waals surface area contributed by atoms with Crippen LogP contribution in [-0.2, 0) is 6.42 Å². The van der Waals surface area contributed by atoms with Crippen LogP contribution in [0.1, 0.15) is 12.5 Å². The zero-order valence-electron chi connectivity index (χ0n) is 10.9. The van der Waals surface area contributed by atoms with Gasteiger partial charge in [-0.2, -0.15) is 0 Å². The molecule has 5 heteroatoms. The predicted molar refractivity (Wildman–Crippen MR) is 82.0 cm³/mol. The molecule has 20 heavy (non-hydrogen) atoms. The fraction of sp³-hybridized carbons (Fsp3) is 0.200. The van der Waals surface area contributed by atoms with E-state index in [9.17, 15) is 8.78 Å². The van der Waals surface area contributed by atoms with Gasteiger partial charge in [0.25, 0.3) is 0 Å². The van der Waals surface area contributed by atoms with Gasteiger partial charge in [0, 0.05) is 15.4 Å². The Kier molecular flexibility index (Phi) is 5.18. The summed E-state index contributed by atoms with van der Waals surface area (Å²) in [5.41, 5.74) is 6.22. The first kappa shape index (κ1) is 15.5. The minimum Gasteiger partial charge on any atom is -0.328 e. The fourth-order valence-electron chi connectivity index (χ4n) is 1.85. The summed E-state index contributed by atoms with van der Waals surface area (Å²) in [6, 6.07) is 9.90. The van der Waals surface area contributed by atoms with Crippen LogP contribution in [0.15, 0.2) is 50.7 Å². The van der Waals surface area contributed by atoms with Crippen molar-refractivity contribution in [3.8, 4) is 0 Å². The van der Waals surface area contributed by atoms with Gasteiger partial charge in [-0.25, -0.2) is 8.78 Å². The van der Waals surface area contributed by atoms with Gasteiger partial charge in [-0.3, -0.25) is 0 Å². The molecule has 0 fully saturated rings. The highest BCUT2D eigenvalue weighted by Gasteiger charge is 2.13. The molecule has 0 aliphatic carbocycles. The van der Waals surface area contributed by atoms with E-state index >= 15 is 0 Å². The molecule has 106 valence electrons. The average molecular weight is 358 g/mol. The number of hydrogen-bond donors (Lipinski definition) is 1. The van der Waals surface area contributed by atoms with E-state index in [0.29, 0.717) is 12.0 Å². The summed E-state index contributed by atoms with van der Waals surface area (Å²) < 4.78 is 28.9. The Hall–Kier alpha value is -0.910. The zero-order chi connectivity index (χ0) is 14.7. The van der Waals surface area contributed by atoms with Gasteiger partial charge in [0.05, 0.1) is 4.90 Å². The van der Waals surface area contributed by atoms with Crippen LogP contribution in [0.2, 0.25) is 0 Å². The maximum absolute atomic E-state index is 14.0. The van der Waals surface area contributed by atoms with E-state index in [1.54, 1.807) is 6.92 Å². The van der Waals surface area contributed by atoms with Crippen molar-refractivity contribution < 1.29 is 8.78 Å². The SMILES string of the molecule is CC(N)Cc1cc(F)c(Sc2cccc(Br)c2)c(F)c1. The molecule has 0 saturated heterocycles. The van der Waals surface area contributed by atoms with E-state index in [1.807, 2.05) is 24.3 Å². The van der Waals surface area contributed by atoms with Crippen LogP contribution in [0.5, 0.6) is 0 Å². The van der Waals surface area contributed by atoms with Crippen molar-refractivity contribution in [1.29, 1.82) is 0 Å². The van der Waals surface area contributed by atoms with Crippen molar-refractivity contribution in [3.05, 3.63) is 58.1 Å². The van der Waals surface area contributed by atoms with Crippen LogP contribution in [-0.4, -0.2) is 6.04 Å². The second-order valence-corrected chi connectivity index (χ2v) is 6.63. The lowest BCUT2D eigenvalue weighted by molar-refractivity contribution is 0.535. The molecule has 0 bridgehead atoms. The summed E-state index contributed by atoms with van der Waals surface area (Å²) in [4.78, 5) is 0.786. The van der Waals surface area contributed by atoms with Crippen LogP contribution in [0.3, 0.4) is 0 Å². The lowest BCUT2D eigenvalue weighted by Crippen LogP contribution is -2.18. The van der Waals surface area contributed by atoms with Gasteiger partial charge in [0.2, 0.25) is 0 Å². The molecule has 0 amide bonds. The van der Waals surface area contributed by atoms with Crippen molar-refractivity contribution in [2.24, 2.45) is 5.73 Å². The molecule has 2 rings (SSSR count). The van der Waals surface area contributed by atoms with Crippen molar-refractivity contribution in [2.45, 2.75) is 29.2 Å². The lowest BCUT2D eigenvalue weighted by atomic mass is 10.1. The van der Waals surface area contributed by atoms with Crippen LogP contribution in [0, 0.1) is 11.6 Å². The molecule has 2 aromatic carbocycles. The quantitative estimate of drug-likeness (QED) is 0.852. The molecule has 2 N–H and O–H groups in total. The Morgan fingerprint density at radius 1 is 1.20 bits per heavy atom. The Balaban J connectivity index is 2.28. The number of rotatable bonds is 4. The average Bonchev–Trinajstić information content (AvgIpc) is 2.33. The van der Waals surface area contributed by atoms with Crippen molar-refractivity contribution >= 4 is 27.7 Å². The molecule has 0 spiro atoms. The second-order valence-electron chi connectivity index (χ2n) is 4.63. The number of nitrogens with two attached hydrogens (primary N) is 1. The van der Waals surface area contributed by atoms with Crippen LogP contribution >= 0.6 is 27.7 Å². The highest BCUT2D eigenvalue weighted by Crippen LogP contribution is 2.34. The molecule has 1 nitrogen and oxygen atoms in total. The van der Waals surface area contributed by atoms with E-state index in [4.69, 9.17) is 5.73 Å². The second kappa shape index (κ2) is 6.70. The topological polar surface area (TPSA) is 26.0 Å². The molecule has 1 unspecified atom stereocenters. The third kappa shape index (κ3) is 4.04. The molecule has 0 aromatic heterocycles. The molecule has 0 aliphatic heterocycles. The molecule has 1 atom stereocenters. The highest BCUT2D eigenvalue weighted by molar-refractivity contribution is 9.10. The van der Waals surface area contributed by atoms with Crippen LogP contribution in [0.4, 0.5) is 8.78 Å². The largest absolute Gasteiger partial charge is 0.328 e. The van der Waals surface area contributed by atoms with Crippen LogP contribution in [0.25, 0.3) is 0 Å². The van der Waals surface area contributed by atoms with Crippen molar-refractivity contribution in [2.75, 3.05) is 0 Å². The number of halogens is 3. The monoisotopic (exact) mass is 357 g/mol. The molecule has 0 heterocycles. The molecule has 0 aliphatic rings. The zero-order valence-corrected chi connectivity index (χ0v) is 13.3. The van der Waals surface area contributed by atoms with Gasteiger partial charge >= 0.3 is 0 Å². The van der Waals surface area contributed by atoms with E-state index in [1.165, 1.54) is 12.1 Å². The van der Waals surface area contributed by atoms with Crippen LogP contribution < -0.4 is 5.73 Å². The minimum atomic E-state index is -0.550. The van der Waals surface area contributed by atoms with Crippen molar-refractivity contribution in [3.63, 3.8) is 0 Å². The summed E-state index contributed by atoms with van der Waals surface area (Å²) in [6.45, 7) is 1.81. The summed E-state index contributed by atoms with van der Waals surface area (Å²) in [6.07, 6.45) is 0.454. The van der Waals surface area contributed by atoms with Gasteiger partial charge in [0.15, 0.2) is 0 Å². The maximum atomic E-state index is 14.0. The molecular formula is C15H14BrF2NS. The third-order valence-electron chi connectivity index (χ3n) is 2.63. The Morgan fingerprint density at radius 3 is 2.40 bits per heavy atom. The number of hydrogen-bond acceptors (Lipinski definition) is 2. The van der Waals surface area contributed by atoms with E-state index in [-0.39, 0.29) is 10.9 Å². The predicted octanol–water partition coefficient (Wildman–Crippen LogP) is 4.77. The fourth-order valence-corrected chi connectivity index (χ4v) is 3.28. The summed E-state index contributed by atoms with van der Waals surface area (Å²) in [7, 11) is 0. The first-order valence-electron chi connectivity index (χ1n) is 6.12. The smallest absolute Gasteiger partial charge is 0.140 e. The van der Waals surface area contributed by atoms with Gasteiger partial charge in [-0.15, -0.1) is 0 Å². The highest BCUT2D eigenvalue weighted by atomic mass is 79.9.